The molecule has 3 rings (SSSR count). The van der Waals surface area contributed by atoms with Gasteiger partial charge in [-0.1, -0.05) is 74.2 Å². The van der Waals surface area contributed by atoms with Gasteiger partial charge in [0.2, 0.25) is 0 Å². The Hall–Kier alpha value is -4.62. The number of benzene rings is 2. The number of amides is 3. The Bertz CT molecular complexity index is 1740. The van der Waals surface area contributed by atoms with E-state index in [-0.39, 0.29) is 67.0 Å². The highest BCUT2D eigenvalue weighted by atomic mass is 35.5. The number of nitrogens with two attached hydrogens (primary N) is 2. The normalized spacial score (nSPS) is 14.1. The summed E-state index contributed by atoms with van der Waals surface area (Å²) in [5.41, 5.74) is 14.3. The van der Waals surface area contributed by atoms with Crippen LogP contribution in [0.15, 0.2) is 48.5 Å². The van der Waals surface area contributed by atoms with E-state index in [1.807, 2.05) is 36.1 Å². The lowest BCUT2D eigenvalue weighted by Gasteiger charge is -2.30. The molecule has 314 valence electrons. The number of halogens is 1. The SMILES string of the molecule is CCCCCCN(CCNC(=O)c1ccc(CN(C[C@H](CNC(=O)c2nc(Cl)c(N)nc2N)Cc2ccccc2C)C(=O)O)cc1)C[C@H](O)[C@@H](O)[C@H](O)[C@H](O)CO. The number of unbranched alkanes of at least 4 members (excludes halogenated alkanes) is 3. The number of carboxylic acid groups (broad SMARTS) is 1. The van der Waals surface area contributed by atoms with E-state index < -0.39 is 43.0 Å². The molecule has 0 spiro atoms. The van der Waals surface area contributed by atoms with Crippen LogP contribution in [0.25, 0.3) is 0 Å². The monoisotopic (exact) mass is 816 g/mol. The first-order chi connectivity index (χ1) is 27.1. The Balaban J connectivity index is 1.64. The first-order valence-corrected chi connectivity index (χ1v) is 19.3. The third-order valence-corrected chi connectivity index (χ3v) is 9.87. The fourth-order valence-electron chi connectivity index (χ4n) is 6.21. The summed E-state index contributed by atoms with van der Waals surface area (Å²) in [5, 5.41) is 65.3. The molecule has 0 aliphatic heterocycles. The number of nitrogens with zero attached hydrogens (tertiary/aromatic N) is 4. The van der Waals surface area contributed by atoms with Crippen molar-refractivity contribution in [3.63, 3.8) is 0 Å². The number of hydrogen-bond acceptors (Lipinski definition) is 13. The van der Waals surface area contributed by atoms with Crippen molar-refractivity contribution in [3.8, 4) is 0 Å². The summed E-state index contributed by atoms with van der Waals surface area (Å²) in [7, 11) is 0. The Morgan fingerprint density at radius 2 is 1.53 bits per heavy atom. The van der Waals surface area contributed by atoms with Gasteiger partial charge >= 0.3 is 6.09 Å². The smallest absolute Gasteiger partial charge is 0.407 e. The van der Waals surface area contributed by atoms with E-state index in [9.17, 15) is 39.9 Å². The highest BCUT2D eigenvalue weighted by Crippen LogP contribution is 2.19. The van der Waals surface area contributed by atoms with Crippen molar-refractivity contribution in [2.75, 3.05) is 57.3 Å². The Labute approximate surface area is 337 Å². The van der Waals surface area contributed by atoms with Crippen molar-refractivity contribution >= 4 is 41.1 Å². The van der Waals surface area contributed by atoms with Crippen LogP contribution >= 0.6 is 11.6 Å². The van der Waals surface area contributed by atoms with E-state index in [1.165, 1.54) is 4.90 Å². The third-order valence-electron chi connectivity index (χ3n) is 9.59. The highest BCUT2D eigenvalue weighted by molar-refractivity contribution is 6.31. The fourth-order valence-corrected chi connectivity index (χ4v) is 6.33. The number of aliphatic hydroxyl groups is 5. The zero-order chi connectivity index (χ0) is 42.1. The summed E-state index contributed by atoms with van der Waals surface area (Å²) in [6, 6.07) is 14.2. The number of aliphatic hydroxyl groups excluding tert-OH is 5. The predicted molar refractivity (Wildman–Crippen MR) is 215 cm³/mol. The molecular weight excluding hydrogens is 760 g/mol. The molecule has 12 N–H and O–H groups in total. The van der Waals surface area contributed by atoms with Gasteiger partial charge in [0.1, 0.15) is 18.3 Å². The lowest BCUT2D eigenvalue weighted by atomic mass is 9.95. The summed E-state index contributed by atoms with van der Waals surface area (Å²) in [5.74, 6) is -1.69. The quantitative estimate of drug-likeness (QED) is 0.0573. The number of carbonyl (C=O) groups excluding carboxylic acids is 2. The molecule has 0 aliphatic carbocycles. The maximum atomic E-state index is 13.1. The molecule has 0 saturated carbocycles. The van der Waals surface area contributed by atoms with Crippen molar-refractivity contribution in [1.29, 1.82) is 0 Å². The molecule has 3 amide bonds. The summed E-state index contributed by atoms with van der Waals surface area (Å²) >= 11 is 5.96. The lowest BCUT2D eigenvalue weighted by Crippen LogP contribution is -2.50. The first-order valence-electron chi connectivity index (χ1n) is 19.0. The Morgan fingerprint density at radius 3 is 2.18 bits per heavy atom. The Kier molecular flexibility index (Phi) is 19.3. The number of nitrogens with one attached hydrogen (secondary N) is 2. The predicted octanol–water partition coefficient (Wildman–Crippen LogP) is 1.42. The van der Waals surface area contributed by atoms with Crippen molar-refractivity contribution in [2.24, 2.45) is 5.92 Å². The van der Waals surface area contributed by atoms with E-state index in [0.29, 0.717) is 30.6 Å². The number of aromatic nitrogens is 2. The summed E-state index contributed by atoms with van der Waals surface area (Å²) in [4.78, 5) is 49.5. The first kappa shape index (κ1) is 46.8. The van der Waals surface area contributed by atoms with Crippen LogP contribution in [-0.4, -0.2) is 139 Å². The third kappa shape index (κ3) is 15.0. The van der Waals surface area contributed by atoms with Crippen LogP contribution in [0.4, 0.5) is 16.4 Å². The molecule has 1 aromatic heterocycles. The summed E-state index contributed by atoms with van der Waals surface area (Å²) in [6.45, 7) is 4.44. The molecule has 0 unspecified atom stereocenters. The zero-order valence-corrected chi connectivity index (χ0v) is 33.2. The van der Waals surface area contributed by atoms with Crippen LogP contribution in [0, 0.1) is 12.8 Å². The lowest BCUT2D eigenvalue weighted by molar-refractivity contribution is -0.119. The number of rotatable bonds is 24. The van der Waals surface area contributed by atoms with Gasteiger partial charge in [-0.15, -0.1) is 0 Å². The second-order valence-electron chi connectivity index (χ2n) is 14.1. The molecular formula is C39H57ClN8O9. The number of aryl methyl sites for hydroxylation is 1. The molecule has 0 aliphatic rings. The van der Waals surface area contributed by atoms with E-state index >= 15 is 0 Å². The van der Waals surface area contributed by atoms with Gasteiger partial charge in [-0.05, 0) is 61.1 Å². The summed E-state index contributed by atoms with van der Waals surface area (Å²) < 4.78 is 0. The van der Waals surface area contributed by atoms with E-state index in [4.69, 9.17) is 28.2 Å². The minimum atomic E-state index is -1.73. The van der Waals surface area contributed by atoms with Crippen molar-refractivity contribution in [1.82, 2.24) is 30.4 Å². The minimum absolute atomic E-state index is 0.00659. The molecule has 0 fully saturated rings. The molecule has 2 aromatic carbocycles. The zero-order valence-electron chi connectivity index (χ0n) is 32.4. The second kappa shape index (κ2) is 23.6. The van der Waals surface area contributed by atoms with Gasteiger partial charge < -0.3 is 57.6 Å². The van der Waals surface area contributed by atoms with E-state index in [2.05, 4.69) is 27.5 Å². The van der Waals surface area contributed by atoms with Crippen LogP contribution in [-0.2, 0) is 13.0 Å². The van der Waals surface area contributed by atoms with Gasteiger partial charge in [-0.3, -0.25) is 14.5 Å². The highest BCUT2D eigenvalue weighted by Gasteiger charge is 2.31. The van der Waals surface area contributed by atoms with Gasteiger partial charge in [0.25, 0.3) is 11.8 Å². The maximum absolute atomic E-state index is 13.1. The molecule has 1 heterocycles. The molecule has 0 radical (unpaired) electrons. The van der Waals surface area contributed by atoms with Crippen LogP contribution in [0.3, 0.4) is 0 Å². The maximum Gasteiger partial charge on any atom is 0.407 e. The molecule has 3 aromatic rings. The van der Waals surface area contributed by atoms with Gasteiger partial charge in [-0.25, -0.2) is 14.8 Å². The Morgan fingerprint density at radius 1 is 0.842 bits per heavy atom. The van der Waals surface area contributed by atoms with Gasteiger partial charge in [-0.2, -0.15) is 0 Å². The number of hydrogen-bond donors (Lipinski definition) is 10. The van der Waals surface area contributed by atoms with Crippen molar-refractivity contribution < 1.29 is 45.0 Å². The summed E-state index contributed by atoms with van der Waals surface area (Å²) in [6.07, 6.45) is -3.36. The second-order valence-corrected chi connectivity index (χ2v) is 14.5. The van der Waals surface area contributed by atoms with Gasteiger partial charge in [0.15, 0.2) is 22.5 Å². The van der Waals surface area contributed by atoms with Gasteiger partial charge in [0.05, 0.1) is 12.7 Å². The van der Waals surface area contributed by atoms with Crippen LogP contribution in [0.1, 0.15) is 70.1 Å². The minimum Gasteiger partial charge on any atom is -0.465 e. The topological polar surface area (TPSA) is 281 Å². The van der Waals surface area contributed by atoms with Crippen molar-refractivity contribution in [3.05, 3.63) is 81.6 Å². The standard InChI is InChI=1S/C39H57ClN8O9/c1-3-4-5-8-16-47(22-29(50)32(52)33(53)30(51)23-49)17-15-43-37(54)27-13-11-25(12-14-27)20-48(39(56)57)21-26(18-28-10-7-6-9-24(28)2)19-44-38(55)31-35(41)46-36(42)34(40)45-31/h6-7,9-14,26,29-30,32-33,49-53H,3-5,8,15-23H2,1-2H3,(H,43,54)(H,44,55)(H,56,57)(H4,41,42,46)/t26-,29-,30+,32+,33+/m0/s1. The van der Waals surface area contributed by atoms with Crippen LogP contribution in [0.5, 0.6) is 0 Å². The molecule has 0 bridgehead atoms. The largest absolute Gasteiger partial charge is 0.465 e. The van der Waals surface area contributed by atoms with E-state index in [0.717, 1.165) is 36.8 Å². The van der Waals surface area contributed by atoms with Gasteiger partial charge in [0, 0.05) is 44.8 Å². The number of anilines is 2. The van der Waals surface area contributed by atoms with Crippen LogP contribution in [0.2, 0.25) is 5.15 Å². The molecule has 0 saturated heterocycles. The fraction of sp³-hybridized carbons (Fsp3) is 0.513. The van der Waals surface area contributed by atoms with E-state index in [1.54, 1.807) is 24.3 Å². The number of nitrogen functional groups attached to an aromatic ring is 2. The van der Waals surface area contributed by atoms with Crippen molar-refractivity contribution in [2.45, 2.75) is 76.9 Å². The average Bonchev–Trinajstić information content (AvgIpc) is 3.19. The molecule has 5 atom stereocenters. The average molecular weight is 817 g/mol. The molecule has 17 nitrogen and oxygen atoms in total. The number of carbonyl (C=O) groups is 3. The molecule has 18 heteroatoms. The molecule has 57 heavy (non-hydrogen) atoms. The van der Waals surface area contributed by atoms with Crippen LogP contribution < -0.4 is 22.1 Å².